The number of hydrogen-bond donors (Lipinski definition) is 1. The van der Waals surface area contributed by atoms with E-state index in [-0.39, 0.29) is 5.91 Å². The molecule has 0 aromatic heterocycles. The maximum atomic E-state index is 11.6. The number of carbonyl (C=O) groups is 1. The standard InChI is InChI=1S/C23H36N2O4/c1-24(17-20(26)18-29-21-6-3-2-4-7-21)16-19-9-11-22(12-10-19)28-15-14-25-13-5-8-23(25)27/h9-12,20-21,26H,2-8,13-18H2,1H3. The van der Waals surface area contributed by atoms with Gasteiger partial charge in [0.2, 0.25) is 5.91 Å². The zero-order valence-corrected chi connectivity index (χ0v) is 17.7. The molecule has 1 aromatic carbocycles. The van der Waals surface area contributed by atoms with Crippen LogP contribution in [0.2, 0.25) is 0 Å². The molecule has 3 rings (SSSR count). The normalized spacial score (nSPS) is 19.1. The fourth-order valence-corrected chi connectivity index (χ4v) is 4.17. The summed E-state index contributed by atoms with van der Waals surface area (Å²) >= 11 is 0. The van der Waals surface area contributed by atoms with E-state index in [1.165, 1.54) is 24.8 Å². The molecule has 6 nitrogen and oxygen atoms in total. The third kappa shape index (κ3) is 7.61. The van der Waals surface area contributed by atoms with Gasteiger partial charge in [-0.15, -0.1) is 0 Å². The van der Waals surface area contributed by atoms with Crippen LogP contribution in [0, 0.1) is 0 Å². The number of benzene rings is 1. The van der Waals surface area contributed by atoms with E-state index in [1.807, 2.05) is 24.1 Å². The van der Waals surface area contributed by atoms with Gasteiger partial charge in [-0.3, -0.25) is 9.69 Å². The van der Waals surface area contributed by atoms with Gasteiger partial charge in [-0.2, -0.15) is 0 Å². The van der Waals surface area contributed by atoms with Crippen LogP contribution in [0.15, 0.2) is 24.3 Å². The van der Waals surface area contributed by atoms with E-state index in [0.29, 0.717) is 38.8 Å². The van der Waals surface area contributed by atoms with Crippen molar-refractivity contribution in [1.29, 1.82) is 0 Å². The first-order chi connectivity index (χ1) is 14.1. The maximum absolute atomic E-state index is 11.6. The van der Waals surface area contributed by atoms with Crippen molar-refractivity contribution >= 4 is 5.91 Å². The smallest absolute Gasteiger partial charge is 0.222 e. The molecule has 0 bridgehead atoms. The van der Waals surface area contributed by atoms with Crippen molar-refractivity contribution in [3.63, 3.8) is 0 Å². The Bertz CT molecular complexity index is 616. The minimum Gasteiger partial charge on any atom is -0.492 e. The number of ether oxygens (including phenoxy) is 2. The van der Waals surface area contributed by atoms with Gasteiger partial charge in [0.15, 0.2) is 0 Å². The lowest BCUT2D eigenvalue weighted by Crippen LogP contribution is -2.33. The minimum atomic E-state index is -0.460. The quantitative estimate of drug-likeness (QED) is 0.615. The third-order valence-electron chi connectivity index (χ3n) is 5.78. The van der Waals surface area contributed by atoms with Gasteiger partial charge >= 0.3 is 0 Å². The molecule has 0 radical (unpaired) electrons. The predicted octanol–water partition coefficient (Wildman–Crippen LogP) is 2.83. The summed E-state index contributed by atoms with van der Waals surface area (Å²) in [6.07, 6.45) is 7.57. The summed E-state index contributed by atoms with van der Waals surface area (Å²) in [4.78, 5) is 15.6. The lowest BCUT2D eigenvalue weighted by atomic mass is 9.98. The molecule has 29 heavy (non-hydrogen) atoms. The van der Waals surface area contributed by atoms with Gasteiger partial charge in [0.25, 0.3) is 0 Å². The first kappa shape index (κ1) is 22.1. The van der Waals surface area contributed by atoms with Crippen LogP contribution in [0.3, 0.4) is 0 Å². The Morgan fingerprint density at radius 3 is 2.62 bits per heavy atom. The van der Waals surface area contributed by atoms with E-state index in [0.717, 1.165) is 38.1 Å². The average Bonchev–Trinajstić information content (AvgIpc) is 3.13. The number of likely N-dealkylation sites (tertiary alicyclic amines) is 1. The summed E-state index contributed by atoms with van der Waals surface area (Å²) < 4.78 is 11.6. The Kier molecular flexibility index (Phi) is 8.77. The molecule has 1 amide bonds. The number of aliphatic hydroxyl groups is 1. The molecule has 1 aliphatic carbocycles. The molecule has 0 spiro atoms. The van der Waals surface area contributed by atoms with Gasteiger partial charge in [0.1, 0.15) is 12.4 Å². The molecule has 1 unspecified atom stereocenters. The second-order valence-corrected chi connectivity index (χ2v) is 8.42. The summed E-state index contributed by atoms with van der Waals surface area (Å²) in [5.41, 5.74) is 1.18. The predicted molar refractivity (Wildman–Crippen MR) is 113 cm³/mol. The Morgan fingerprint density at radius 1 is 1.17 bits per heavy atom. The SMILES string of the molecule is CN(Cc1ccc(OCCN2CCCC2=O)cc1)CC(O)COC1CCCCC1. The molecule has 1 N–H and O–H groups in total. The summed E-state index contributed by atoms with van der Waals surface area (Å²) in [5.74, 6) is 1.06. The molecule has 162 valence electrons. The van der Waals surface area contributed by atoms with E-state index in [2.05, 4.69) is 17.0 Å². The highest BCUT2D eigenvalue weighted by molar-refractivity contribution is 5.78. The number of carbonyl (C=O) groups excluding carboxylic acids is 1. The van der Waals surface area contributed by atoms with Gasteiger partial charge in [0.05, 0.1) is 25.4 Å². The highest BCUT2D eigenvalue weighted by Gasteiger charge is 2.19. The first-order valence-electron chi connectivity index (χ1n) is 11.1. The van der Waals surface area contributed by atoms with Crippen LogP contribution in [0.25, 0.3) is 0 Å². The molecular weight excluding hydrogens is 368 g/mol. The van der Waals surface area contributed by atoms with Crippen LogP contribution in [0.1, 0.15) is 50.5 Å². The molecule has 1 saturated heterocycles. The van der Waals surface area contributed by atoms with Crippen molar-refractivity contribution in [1.82, 2.24) is 9.80 Å². The maximum Gasteiger partial charge on any atom is 0.222 e. The molecule has 2 aliphatic rings. The van der Waals surface area contributed by atoms with Crippen LogP contribution in [-0.4, -0.2) is 72.9 Å². The number of nitrogens with zero attached hydrogens (tertiary/aromatic N) is 2. The molecule has 1 atom stereocenters. The second-order valence-electron chi connectivity index (χ2n) is 8.42. The highest BCUT2D eigenvalue weighted by atomic mass is 16.5. The Labute approximate surface area is 174 Å². The van der Waals surface area contributed by atoms with Crippen molar-refractivity contribution in [2.75, 3.05) is 39.9 Å². The number of aliphatic hydroxyl groups excluding tert-OH is 1. The zero-order valence-electron chi connectivity index (χ0n) is 17.7. The Balaban J connectivity index is 1.32. The number of amides is 1. The highest BCUT2D eigenvalue weighted by Crippen LogP contribution is 2.20. The van der Waals surface area contributed by atoms with Gasteiger partial charge in [-0.05, 0) is 44.0 Å². The van der Waals surface area contributed by atoms with Gasteiger partial charge in [0, 0.05) is 26.1 Å². The number of rotatable bonds is 11. The van der Waals surface area contributed by atoms with Crippen LogP contribution in [-0.2, 0) is 16.1 Å². The largest absolute Gasteiger partial charge is 0.492 e. The average molecular weight is 405 g/mol. The van der Waals surface area contributed by atoms with Crippen LogP contribution >= 0.6 is 0 Å². The molecule has 1 aliphatic heterocycles. The van der Waals surface area contributed by atoms with E-state index in [4.69, 9.17) is 9.47 Å². The summed E-state index contributed by atoms with van der Waals surface area (Å²) in [6.45, 7) is 3.81. The van der Waals surface area contributed by atoms with Crippen LogP contribution in [0.4, 0.5) is 0 Å². The molecular formula is C23H36N2O4. The summed E-state index contributed by atoms with van der Waals surface area (Å²) in [6, 6.07) is 8.05. The fourth-order valence-electron chi connectivity index (χ4n) is 4.17. The van der Waals surface area contributed by atoms with Gasteiger partial charge < -0.3 is 19.5 Å². The molecule has 1 heterocycles. The monoisotopic (exact) mass is 404 g/mol. The van der Waals surface area contributed by atoms with Crippen LogP contribution in [0.5, 0.6) is 5.75 Å². The van der Waals surface area contributed by atoms with Crippen molar-refractivity contribution in [3.8, 4) is 5.75 Å². The van der Waals surface area contributed by atoms with E-state index >= 15 is 0 Å². The lowest BCUT2D eigenvalue weighted by Gasteiger charge is -2.25. The topological polar surface area (TPSA) is 62.2 Å². The zero-order chi connectivity index (χ0) is 20.5. The Morgan fingerprint density at radius 2 is 1.93 bits per heavy atom. The summed E-state index contributed by atoms with van der Waals surface area (Å²) in [7, 11) is 2.02. The van der Waals surface area contributed by atoms with Gasteiger partial charge in [-0.1, -0.05) is 31.4 Å². The van der Waals surface area contributed by atoms with Crippen LogP contribution < -0.4 is 4.74 Å². The van der Waals surface area contributed by atoms with Gasteiger partial charge in [-0.25, -0.2) is 0 Å². The number of likely N-dealkylation sites (N-methyl/N-ethyl adjacent to an activating group) is 1. The first-order valence-corrected chi connectivity index (χ1v) is 11.1. The van der Waals surface area contributed by atoms with E-state index < -0.39 is 6.10 Å². The Hall–Kier alpha value is -1.63. The van der Waals surface area contributed by atoms with E-state index in [9.17, 15) is 9.90 Å². The summed E-state index contributed by atoms with van der Waals surface area (Å²) in [5, 5.41) is 10.3. The van der Waals surface area contributed by atoms with Crippen molar-refractivity contribution in [2.45, 2.75) is 63.7 Å². The number of hydrogen-bond acceptors (Lipinski definition) is 5. The molecule has 1 aromatic rings. The molecule has 6 heteroatoms. The minimum absolute atomic E-state index is 0.235. The third-order valence-corrected chi connectivity index (χ3v) is 5.78. The fraction of sp³-hybridized carbons (Fsp3) is 0.696. The van der Waals surface area contributed by atoms with Crippen molar-refractivity contribution in [3.05, 3.63) is 29.8 Å². The van der Waals surface area contributed by atoms with E-state index in [1.54, 1.807) is 0 Å². The molecule has 2 fully saturated rings. The van der Waals surface area contributed by atoms with Crippen molar-refractivity contribution in [2.24, 2.45) is 0 Å². The lowest BCUT2D eigenvalue weighted by molar-refractivity contribution is -0.128. The molecule has 1 saturated carbocycles. The second kappa shape index (κ2) is 11.5. The van der Waals surface area contributed by atoms with Crippen molar-refractivity contribution < 1.29 is 19.4 Å².